The molecule has 1 aliphatic heterocycles. The van der Waals surface area contributed by atoms with Crippen molar-refractivity contribution in [1.82, 2.24) is 23.2 Å². The number of alkyl halides is 3. The number of aromatic nitrogens is 3. The summed E-state index contributed by atoms with van der Waals surface area (Å²) in [6, 6.07) is 2.60. The average molecular weight is 405 g/mol. The van der Waals surface area contributed by atoms with Crippen LogP contribution in [0.25, 0.3) is 5.65 Å². The Morgan fingerprint density at radius 1 is 1.22 bits per heavy atom. The highest BCUT2D eigenvalue weighted by atomic mass is 32.2. The second kappa shape index (κ2) is 7.02. The topological polar surface area (TPSA) is 70.8 Å². The lowest BCUT2D eigenvalue weighted by Crippen LogP contribution is -2.44. The molecule has 7 nitrogen and oxygen atoms in total. The Kier molecular flexibility index (Phi) is 5.21. The van der Waals surface area contributed by atoms with Gasteiger partial charge in [-0.2, -0.15) is 35.3 Å². The number of nitrogens with zero attached hydrogens (tertiary/aromatic N) is 5. The maximum atomic E-state index is 13.4. The van der Waals surface area contributed by atoms with Gasteiger partial charge in [-0.1, -0.05) is 6.92 Å². The lowest BCUT2D eigenvalue weighted by molar-refractivity contribution is -0.142. The summed E-state index contributed by atoms with van der Waals surface area (Å²) in [7, 11) is -0.543. The summed E-state index contributed by atoms with van der Waals surface area (Å²) in [5.74, 6) is -0.105. The van der Waals surface area contributed by atoms with Crippen LogP contribution in [0.1, 0.15) is 42.8 Å². The van der Waals surface area contributed by atoms with Crippen molar-refractivity contribution in [1.29, 1.82) is 0 Å². The fourth-order valence-corrected chi connectivity index (χ4v) is 4.37. The Hall–Kier alpha value is -1.72. The summed E-state index contributed by atoms with van der Waals surface area (Å²) in [5, 5.41) is 4.16. The number of hydrogen-bond acceptors (Lipinski definition) is 4. The molecule has 27 heavy (non-hydrogen) atoms. The normalized spacial score (nSPS) is 17.9. The van der Waals surface area contributed by atoms with E-state index >= 15 is 0 Å². The van der Waals surface area contributed by atoms with Crippen molar-refractivity contribution in [2.24, 2.45) is 0 Å². The fraction of sp³-hybridized carbons (Fsp3) is 0.625. The molecule has 2 aromatic heterocycles. The molecule has 0 N–H and O–H groups in total. The molecular formula is C16H22F3N5O2S. The van der Waals surface area contributed by atoms with E-state index in [2.05, 4.69) is 10.1 Å². The summed E-state index contributed by atoms with van der Waals surface area (Å²) in [5.41, 5.74) is 0.194. The molecule has 0 aromatic carbocycles. The van der Waals surface area contributed by atoms with Gasteiger partial charge in [0.1, 0.15) is 5.69 Å². The third-order valence-electron chi connectivity index (χ3n) is 4.81. The van der Waals surface area contributed by atoms with Gasteiger partial charge in [-0.05, 0) is 25.3 Å². The van der Waals surface area contributed by atoms with Gasteiger partial charge in [-0.15, -0.1) is 0 Å². The number of rotatable bonds is 4. The fourth-order valence-electron chi connectivity index (χ4n) is 3.24. The molecule has 1 saturated heterocycles. The molecule has 1 fully saturated rings. The van der Waals surface area contributed by atoms with Crippen LogP contribution in [0.4, 0.5) is 13.2 Å². The molecule has 0 amide bonds. The molecule has 0 spiro atoms. The van der Waals surface area contributed by atoms with Crippen molar-refractivity contribution in [3.8, 4) is 0 Å². The van der Waals surface area contributed by atoms with Gasteiger partial charge >= 0.3 is 6.18 Å². The van der Waals surface area contributed by atoms with Crippen LogP contribution in [0.15, 0.2) is 12.1 Å². The number of hydrogen-bond donors (Lipinski definition) is 0. The van der Waals surface area contributed by atoms with E-state index in [-0.39, 0.29) is 11.6 Å². The first-order chi connectivity index (χ1) is 12.5. The molecule has 3 rings (SSSR count). The zero-order chi connectivity index (χ0) is 20.0. The molecule has 1 aliphatic rings. The molecule has 0 saturated carbocycles. The minimum atomic E-state index is -4.53. The number of aryl methyl sites for hydroxylation is 1. The first-order valence-corrected chi connectivity index (χ1v) is 10.1. The maximum Gasteiger partial charge on any atom is 0.433 e. The Balaban J connectivity index is 1.89. The van der Waals surface area contributed by atoms with Crippen LogP contribution in [0.2, 0.25) is 0 Å². The maximum absolute atomic E-state index is 13.4. The van der Waals surface area contributed by atoms with Crippen LogP contribution in [0, 0.1) is 0 Å². The molecule has 3 heterocycles. The van der Waals surface area contributed by atoms with E-state index in [1.807, 2.05) is 0 Å². The monoisotopic (exact) mass is 405 g/mol. The standard InChI is InChI=1S/C16H22F3N5O2S/c1-4-12-9-14(16(17,18)19)24-15(20-12)10-13(21-24)11-5-7-23(8-6-11)27(25,26)22(2)3/h9-11H,4-8H2,1-3H3. The van der Waals surface area contributed by atoms with E-state index in [1.165, 1.54) is 18.4 Å². The molecule has 2 aromatic rings. The van der Waals surface area contributed by atoms with E-state index < -0.39 is 22.1 Å². The van der Waals surface area contributed by atoms with Crippen LogP contribution in [0.3, 0.4) is 0 Å². The van der Waals surface area contributed by atoms with Crippen molar-refractivity contribution in [3.05, 3.63) is 29.2 Å². The van der Waals surface area contributed by atoms with Crippen LogP contribution in [0.5, 0.6) is 0 Å². The van der Waals surface area contributed by atoms with Gasteiger partial charge in [0.15, 0.2) is 5.65 Å². The quantitative estimate of drug-likeness (QED) is 0.783. The smallest absolute Gasteiger partial charge is 0.234 e. The zero-order valence-corrected chi connectivity index (χ0v) is 16.2. The minimum Gasteiger partial charge on any atom is -0.234 e. The number of halogens is 3. The molecular weight excluding hydrogens is 383 g/mol. The Morgan fingerprint density at radius 3 is 2.37 bits per heavy atom. The van der Waals surface area contributed by atoms with E-state index in [0.29, 0.717) is 43.7 Å². The molecule has 0 bridgehead atoms. The number of piperidine rings is 1. The van der Waals surface area contributed by atoms with Crippen LogP contribution >= 0.6 is 0 Å². The minimum absolute atomic E-state index is 0.105. The van der Waals surface area contributed by atoms with Crippen molar-refractivity contribution in [2.45, 2.75) is 38.3 Å². The molecule has 0 radical (unpaired) electrons. The highest BCUT2D eigenvalue weighted by Gasteiger charge is 2.36. The Morgan fingerprint density at radius 2 is 1.85 bits per heavy atom. The molecule has 150 valence electrons. The van der Waals surface area contributed by atoms with E-state index in [1.54, 1.807) is 13.0 Å². The van der Waals surface area contributed by atoms with E-state index in [0.717, 1.165) is 14.9 Å². The highest BCUT2D eigenvalue weighted by molar-refractivity contribution is 7.86. The largest absolute Gasteiger partial charge is 0.433 e. The van der Waals surface area contributed by atoms with Crippen molar-refractivity contribution < 1.29 is 21.6 Å². The predicted octanol–water partition coefficient (Wildman–Crippen LogP) is 2.30. The lowest BCUT2D eigenvalue weighted by atomic mass is 9.95. The Labute approximate surface area is 156 Å². The van der Waals surface area contributed by atoms with Gasteiger partial charge in [-0.3, -0.25) is 0 Å². The van der Waals surface area contributed by atoms with Gasteiger partial charge in [0.25, 0.3) is 10.2 Å². The first kappa shape index (κ1) is 20.0. The molecule has 0 aliphatic carbocycles. The van der Waals surface area contributed by atoms with Crippen molar-refractivity contribution >= 4 is 15.9 Å². The second-order valence-corrected chi connectivity index (χ2v) is 8.93. The van der Waals surface area contributed by atoms with E-state index in [4.69, 9.17) is 0 Å². The van der Waals surface area contributed by atoms with E-state index in [9.17, 15) is 21.6 Å². The predicted molar refractivity (Wildman–Crippen MR) is 93.5 cm³/mol. The second-order valence-electron chi connectivity index (χ2n) is 6.79. The summed E-state index contributed by atoms with van der Waals surface area (Å²) in [6.07, 6.45) is -3.14. The highest BCUT2D eigenvalue weighted by Crippen LogP contribution is 2.33. The Bertz CT molecular complexity index is 931. The summed E-state index contributed by atoms with van der Waals surface area (Å²) in [4.78, 5) is 4.25. The first-order valence-electron chi connectivity index (χ1n) is 8.68. The lowest BCUT2D eigenvalue weighted by Gasteiger charge is -2.32. The van der Waals surface area contributed by atoms with Gasteiger partial charge < -0.3 is 0 Å². The van der Waals surface area contributed by atoms with Gasteiger partial charge in [0, 0.05) is 44.9 Å². The van der Waals surface area contributed by atoms with Crippen LogP contribution < -0.4 is 0 Å². The van der Waals surface area contributed by atoms with Gasteiger partial charge in [0.05, 0.1) is 5.69 Å². The third-order valence-corrected chi connectivity index (χ3v) is 6.75. The van der Waals surface area contributed by atoms with Crippen molar-refractivity contribution in [2.75, 3.05) is 27.2 Å². The SMILES string of the molecule is CCc1cc(C(F)(F)F)n2nc(C3CCN(S(=O)(=O)N(C)C)CC3)cc2n1. The summed E-state index contributed by atoms with van der Waals surface area (Å²) >= 11 is 0. The van der Waals surface area contributed by atoms with Crippen LogP contribution in [-0.2, 0) is 22.8 Å². The van der Waals surface area contributed by atoms with Crippen LogP contribution in [-0.4, -0.2) is 58.8 Å². The van der Waals surface area contributed by atoms with Gasteiger partial charge in [-0.25, -0.2) is 9.50 Å². The molecule has 0 atom stereocenters. The summed E-state index contributed by atoms with van der Waals surface area (Å²) < 4.78 is 67.9. The van der Waals surface area contributed by atoms with Gasteiger partial charge in [0.2, 0.25) is 0 Å². The zero-order valence-electron chi connectivity index (χ0n) is 15.4. The molecule has 11 heteroatoms. The average Bonchev–Trinajstić information content (AvgIpc) is 3.03. The summed E-state index contributed by atoms with van der Waals surface area (Å²) in [6.45, 7) is 2.36. The third kappa shape index (κ3) is 3.81. The number of fused-ring (bicyclic) bond motifs is 1. The van der Waals surface area contributed by atoms with Crippen molar-refractivity contribution in [3.63, 3.8) is 0 Å². The molecule has 0 unspecified atom stereocenters.